The van der Waals surface area contributed by atoms with Crippen molar-refractivity contribution in [1.82, 2.24) is 15.8 Å². The molecule has 0 aliphatic carbocycles. The maximum Gasteiger partial charge on any atom is 0.315 e. The van der Waals surface area contributed by atoms with Crippen LogP contribution in [0.25, 0.3) is 0 Å². The van der Waals surface area contributed by atoms with Crippen LogP contribution in [0.2, 0.25) is 0 Å². The fourth-order valence-electron chi connectivity index (χ4n) is 2.83. The Morgan fingerprint density at radius 1 is 1.04 bits per heavy atom. The van der Waals surface area contributed by atoms with Crippen molar-refractivity contribution < 1.29 is 9.32 Å². The van der Waals surface area contributed by atoms with E-state index in [1.165, 1.54) is 0 Å². The molecule has 0 aliphatic rings. The Kier molecular flexibility index (Phi) is 6.04. The van der Waals surface area contributed by atoms with Crippen molar-refractivity contribution in [3.05, 3.63) is 89.3 Å². The molecule has 2 amide bonds. The molecule has 0 spiro atoms. The van der Waals surface area contributed by atoms with E-state index < -0.39 is 0 Å². The summed E-state index contributed by atoms with van der Waals surface area (Å²) in [6, 6.07) is 21.5. The highest BCUT2D eigenvalue weighted by Crippen LogP contribution is 2.21. The standard InChI is InChI=1S/C21H23N3O2/c1-16-15-19(26-24-16)13-8-14-22-21(25)23-20(17-9-4-2-5-10-17)18-11-6-3-7-12-18/h2-7,9-12,15,20H,8,13-14H2,1H3,(H2,22,23,25). The summed E-state index contributed by atoms with van der Waals surface area (Å²) < 4.78 is 5.17. The third-order valence-electron chi connectivity index (χ3n) is 4.10. The molecule has 26 heavy (non-hydrogen) atoms. The number of hydrogen-bond donors (Lipinski definition) is 2. The summed E-state index contributed by atoms with van der Waals surface area (Å²) in [4.78, 5) is 12.4. The van der Waals surface area contributed by atoms with Crippen LogP contribution in [0, 0.1) is 6.92 Å². The van der Waals surface area contributed by atoms with Gasteiger partial charge >= 0.3 is 6.03 Å². The van der Waals surface area contributed by atoms with Crippen molar-refractivity contribution in [3.63, 3.8) is 0 Å². The molecule has 2 N–H and O–H groups in total. The first-order valence-electron chi connectivity index (χ1n) is 8.79. The Morgan fingerprint density at radius 3 is 2.19 bits per heavy atom. The molecule has 0 atom stereocenters. The molecular formula is C21H23N3O2. The first-order valence-corrected chi connectivity index (χ1v) is 8.79. The number of hydrogen-bond acceptors (Lipinski definition) is 3. The molecule has 0 aliphatic heterocycles. The predicted octanol–water partition coefficient (Wildman–Crippen LogP) is 4.00. The molecule has 3 rings (SSSR count). The lowest BCUT2D eigenvalue weighted by Gasteiger charge is -2.20. The summed E-state index contributed by atoms with van der Waals surface area (Å²) >= 11 is 0. The average molecular weight is 349 g/mol. The molecule has 0 saturated carbocycles. The summed E-state index contributed by atoms with van der Waals surface area (Å²) in [6.07, 6.45) is 1.55. The van der Waals surface area contributed by atoms with Gasteiger partial charge in [-0.2, -0.15) is 0 Å². The second-order valence-electron chi connectivity index (χ2n) is 6.19. The molecular weight excluding hydrogens is 326 g/mol. The molecule has 134 valence electrons. The minimum absolute atomic E-state index is 0.184. The van der Waals surface area contributed by atoms with Crippen molar-refractivity contribution in [1.29, 1.82) is 0 Å². The van der Waals surface area contributed by atoms with E-state index in [1.54, 1.807) is 0 Å². The van der Waals surface area contributed by atoms with E-state index in [2.05, 4.69) is 15.8 Å². The molecule has 0 radical (unpaired) electrons. The van der Waals surface area contributed by atoms with Crippen molar-refractivity contribution in [2.24, 2.45) is 0 Å². The van der Waals surface area contributed by atoms with Gasteiger partial charge < -0.3 is 15.2 Å². The zero-order chi connectivity index (χ0) is 18.2. The molecule has 0 saturated heterocycles. The number of nitrogens with one attached hydrogen (secondary N) is 2. The first kappa shape index (κ1) is 17.7. The van der Waals surface area contributed by atoms with Crippen LogP contribution in [-0.4, -0.2) is 17.7 Å². The molecule has 0 unspecified atom stereocenters. The summed E-state index contributed by atoms with van der Waals surface area (Å²) in [6.45, 7) is 2.47. The average Bonchev–Trinajstić information content (AvgIpc) is 3.10. The number of aryl methyl sites for hydroxylation is 2. The van der Waals surface area contributed by atoms with Gasteiger partial charge in [-0.05, 0) is 24.5 Å². The van der Waals surface area contributed by atoms with Crippen LogP contribution >= 0.6 is 0 Å². The summed E-state index contributed by atoms with van der Waals surface area (Å²) in [5.41, 5.74) is 2.97. The van der Waals surface area contributed by atoms with Gasteiger partial charge in [-0.3, -0.25) is 0 Å². The van der Waals surface area contributed by atoms with Gasteiger partial charge in [-0.15, -0.1) is 0 Å². The Balaban J connectivity index is 1.55. The largest absolute Gasteiger partial charge is 0.361 e. The quantitative estimate of drug-likeness (QED) is 0.634. The van der Waals surface area contributed by atoms with Crippen LogP contribution in [0.5, 0.6) is 0 Å². The van der Waals surface area contributed by atoms with Crippen LogP contribution in [0.4, 0.5) is 4.79 Å². The Hall–Kier alpha value is -3.08. The van der Waals surface area contributed by atoms with Gasteiger partial charge in [0, 0.05) is 19.0 Å². The van der Waals surface area contributed by atoms with Gasteiger partial charge in [0.05, 0.1) is 11.7 Å². The number of nitrogens with zero attached hydrogens (tertiary/aromatic N) is 1. The van der Waals surface area contributed by atoms with E-state index in [-0.39, 0.29) is 12.1 Å². The summed E-state index contributed by atoms with van der Waals surface area (Å²) in [5.74, 6) is 0.844. The molecule has 5 heteroatoms. The molecule has 0 fully saturated rings. The van der Waals surface area contributed by atoms with Gasteiger partial charge in [0.25, 0.3) is 0 Å². The van der Waals surface area contributed by atoms with Crippen molar-refractivity contribution in [3.8, 4) is 0 Å². The van der Waals surface area contributed by atoms with Gasteiger partial charge in [-0.25, -0.2) is 4.79 Å². The van der Waals surface area contributed by atoms with E-state index in [0.29, 0.717) is 6.54 Å². The highest BCUT2D eigenvalue weighted by Gasteiger charge is 2.16. The SMILES string of the molecule is Cc1cc(CCCNC(=O)NC(c2ccccc2)c2ccccc2)on1. The number of urea groups is 1. The minimum Gasteiger partial charge on any atom is -0.361 e. The zero-order valence-corrected chi connectivity index (χ0v) is 14.8. The molecule has 3 aromatic rings. The lowest BCUT2D eigenvalue weighted by atomic mass is 9.99. The molecule has 1 aromatic heterocycles. The maximum absolute atomic E-state index is 12.4. The molecule has 2 aromatic carbocycles. The minimum atomic E-state index is -0.186. The number of carbonyl (C=O) groups is 1. The van der Waals surface area contributed by atoms with Crippen LogP contribution in [0.3, 0.4) is 0 Å². The van der Waals surface area contributed by atoms with E-state index in [1.807, 2.05) is 73.7 Å². The molecule has 1 heterocycles. The lowest BCUT2D eigenvalue weighted by Crippen LogP contribution is -2.38. The number of rotatable bonds is 7. The number of carbonyl (C=O) groups excluding carboxylic acids is 1. The fourth-order valence-corrected chi connectivity index (χ4v) is 2.83. The fraction of sp³-hybridized carbons (Fsp3) is 0.238. The number of amides is 2. The van der Waals surface area contributed by atoms with E-state index in [4.69, 9.17) is 4.52 Å². The number of aromatic nitrogens is 1. The molecule has 5 nitrogen and oxygen atoms in total. The van der Waals surface area contributed by atoms with Crippen LogP contribution in [0.1, 0.15) is 35.0 Å². The second kappa shape index (κ2) is 8.85. The highest BCUT2D eigenvalue weighted by atomic mass is 16.5. The first-order chi connectivity index (χ1) is 12.7. The second-order valence-corrected chi connectivity index (χ2v) is 6.19. The Morgan fingerprint density at radius 2 is 1.65 bits per heavy atom. The highest BCUT2D eigenvalue weighted by molar-refractivity contribution is 5.75. The van der Waals surface area contributed by atoms with Crippen LogP contribution < -0.4 is 10.6 Å². The van der Waals surface area contributed by atoms with Crippen molar-refractivity contribution in [2.45, 2.75) is 25.8 Å². The van der Waals surface area contributed by atoms with E-state index >= 15 is 0 Å². The van der Waals surface area contributed by atoms with Gasteiger partial charge in [0.1, 0.15) is 5.76 Å². The summed E-state index contributed by atoms with van der Waals surface area (Å²) in [7, 11) is 0. The predicted molar refractivity (Wildman–Crippen MR) is 101 cm³/mol. The maximum atomic E-state index is 12.4. The van der Waals surface area contributed by atoms with Crippen molar-refractivity contribution >= 4 is 6.03 Å². The van der Waals surface area contributed by atoms with E-state index in [0.717, 1.165) is 35.4 Å². The topological polar surface area (TPSA) is 67.2 Å². The third kappa shape index (κ3) is 4.96. The summed E-state index contributed by atoms with van der Waals surface area (Å²) in [5, 5.41) is 9.85. The normalized spacial score (nSPS) is 10.7. The zero-order valence-electron chi connectivity index (χ0n) is 14.8. The van der Waals surface area contributed by atoms with Gasteiger partial charge in [-0.1, -0.05) is 65.8 Å². The Bertz CT molecular complexity index is 776. The van der Waals surface area contributed by atoms with E-state index in [9.17, 15) is 4.79 Å². The third-order valence-corrected chi connectivity index (χ3v) is 4.10. The lowest BCUT2D eigenvalue weighted by molar-refractivity contribution is 0.238. The van der Waals surface area contributed by atoms with Gasteiger partial charge in [0.15, 0.2) is 0 Å². The van der Waals surface area contributed by atoms with Crippen LogP contribution in [0.15, 0.2) is 71.3 Å². The monoisotopic (exact) mass is 349 g/mol. The van der Waals surface area contributed by atoms with Crippen LogP contribution in [-0.2, 0) is 6.42 Å². The molecule has 0 bridgehead atoms. The van der Waals surface area contributed by atoms with Gasteiger partial charge in [0.2, 0.25) is 0 Å². The van der Waals surface area contributed by atoms with Crippen molar-refractivity contribution in [2.75, 3.05) is 6.54 Å². The smallest absolute Gasteiger partial charge is 0.315 e. The Labute approximate surface area is 153 Å². The number of benzene rings is 2.